The molecule has 0 aliphatic rings. The molecule has 0 bridgehead atoms. The van der Waals surface area contributed by atoms with Gasteiger partial charge in [0.25, 0.3) is 0 Å². The van der Waals surface area contributed by atoms with Crippen molar-refractivity contribution in [2.75, 3.05) is 6.54 Å². The number of nitrogens with two attached hydrogens (primary N) is 1. The Balaban J connectivity index is 4.02. The standard InChI is InChI=1S/C11H24N2O2/c1-8(2)11(6,12)7-13-9(14)15-10(3,4)5/h8H,7,12H2,1-6H3,(H,13,14). The molecule has 0 aromatic heterocycles. The summed E-state index contributed by atoms with van der Waals surface area (Å²) in [5.74, 6) is 0.299. The molecule has 1 unspecified atom stereocenters. The summed E-state index contributed by atoms with van der Waals surface area (Å²) < 4.78 is 5.11. The first-order valence-electron chi connectivity index (χ1n) is 5.30. The summed E-state index contributed by atoms with van der Waals surface area (Å²) in [6.45, 7) is 11.9. The monoisotopic (exact) mass is 216 g/mol. The molecular formula is C11H24N2O2. The first-order valence-corrected chi connectivity index (χ1v) is 5.30. The first kappa shape index (κ1) is 14.2. The minimum absolute atomic E-state index is 0.299. The van der Waals surface area contributed by atoms with E-state index < -0.39 is 17.2 Å². The molecule has 0 rings (SSSR count). The summed E-state index contributed by atoms with van der Waals surface area (Å²) in [5.41, 5.74) is 5.13. The van der Waals surface area contributed by atoms with Crippen LogP contribution >= 0.6 is 0 Å². The number of alkyl carbamates (subject to hydrolysis) is 1. The molecule has 0 saturated heterocycles. The average molecular weight is 216 g/mol. The van der Waals surface area contributed by atoms with Crippen LogP contribution in [0, 0.1) is 5.92 Å². The quantitative estimate of drug-likeness (QED) is 0.757. The lowest BCUT2D eigenvalue weighted by molar-refractivity contribution is 0.0511. The van der Waals surface area contributed by atoms with Gasteiger partial charge in [-0.1, -0.05) is 13.8 Å². The van der Waals surface area contributed by atoms with Gasteiger partial charge in [-0.3, -0.25) is 0 Å². The van der Waals surface area contributed by atoms with Crippen molar-refractivity contribution in [3.63, 3.8) is 0 Å². The van der Waals surface area contributed by atoms with E-state index in [0.717, 1.165) is 0 Å². The van der Waals surface area contributed by atoms with Crippen LogP contribution in [-0.2, 0) is 4.74 Å². The second kappa shape index (κ2) is 4.84. The zero-order chi connectivity index (χ0) is 12.3. The molecule has 1 amide bonds. The second-order valence-corrected chi connectivity index (χ2v) is 5.52. The van der Waals surface area contributed by atoms with Gasteiger partial charge in [0.05, 0.1) is 0 Å². The van der Waals surface area contributed by atoms with Crippen molar-refractivity contribution in [3.05, 3.63) is 0 Å². The van der Waals surface area contributed by atoms with Crippen molar-refractivity contribution in [3.8, 4) is 0 Å². The van der Waals surface area contributed by atoms with Gasteiger partial charge in [0.2, 0.25) is 0 Å². The van der Waals surface area contributed by atoms with E-state index in [4.69, 9.17) is 10.5 Å². The lowest BCUT2D eigenvalue weighted by atomic mass is 9.90. The summed E-state index contributed by atoms with van der Waals surface area (Å²) in [4.78, 5) is 11.3. The molecule has 0 aliphatic carbocycles. The van der Waals surface area contributed by atoms with Gasteiger partial charge >= 0.3 is 6.09 Å². The SMILES string of the molecule is CC(C)C(C)(N)CNC(=O)OC(C)(C)C. The third-order valence-electron chi connectivity index (χ3n) is 2.33. The number of carbonyl (C=O) groups excluding carboxylic acids is 1. The Morgan fingerprint density at radius 3 is 2.13 bits per heavy atom. The molecule has 0 heterocycles. The van der Waals surface area contributed by atoms with E-state index in [1.165, 1.54) is 0 Å². The van der Waals surface area contributed by atoms with Crippen molar-refractivity contribution < 1.29 is 9.53 Å². The molecule has 0 aromatic carbocycles. The number of rotatable bonds is 3. The number of amides is 1. The Bertz CT molecular complexity index is 217. The van der Waals surface area contributed by atoms with Crippen LogP contribution in [0.3, 0.4) is 0 Å². The van der Waals surface area contributed by atoms with Crippen LogP contribution in [0.25, 0.3) is 0 Å². The van der Waals surface area contributed by atoms with Crippen LogP contribution in [0.4, 0.5) is 4.79 Å². The molecule has 15 heavy (non-hydrogen) atoms. The van der Waals surface area contributed by atoms with Crippen LogP contribution in [0.15, 0.2) is 0 Å². The minimum Gasteiger partial charge on any atom is -0.444 e. The smallest absolute Gasteiger partial charge is 0.407 e. The summed E-state index contributed by atoms with van der Waals surface area (Å²) in [7, 11) is 0. The fourth-order valence-electron chi connectivity index (χ4n) is 0.781. The van der Waals surface area contributed by atoms with Crippen molar-refractivity contribution in [1.29, 1.82) is 0 Å². The van der Waals surface area contributed by atoms with Gasteiger partial charge in [0.15, 0.2) is 0 Å². The third kappa shape index (κ3) is 6.33. The average Bonchev–Trinajstić information content (AvgIpc) is 1.97. The van der Waals surface area contributed by atoms with Crippen LogP contribution < -0.4 is 11.1 Å². The second-order valence-electron chi connectivity index (χ2n) is 5.52. The summed E-state index contributed by atoms with van der Waals surface area (Å²) in [6.07, 6.45) is -0.417. The van der Waals surface area contributed by atoms with E-state index in [9.17, 15) is 4.79 Å². The molecule has 0 radical (unpaired) electrons. The molecular weight excluding hydrogens is 192 g/mol. The van der Waals surface area contributed by atoms with Crippen LogP contribution in [0.1, 0.15) is 41.5 Å². The number of carbonyl (C=O) groups is 1. The Hall–Kier alpha value is -0.770. The van der Waals surface area contributed by atoms with Crippen molar-refractivity contribution in [1.82, 2.24) is 5.32 Å². The first-order chi connectivity index (χ1) is 6.54. The van der Waals surface area contributed by atoms with Gasteiger partial charge in [-0.25, -0.2) is 4.79 Å². The zero-order valence-electron chi connectivity index (χ0n) is 10.7. The molecule has 4 nitrogen and oxygen atoms in total. The molecule has 0 aromatic rings. The van der Waals surface area contributed by atoms with Gasteiger partial charge in [0, 0.05) is 12.1 Å². The van der Waals surface area contributed by atoms with E-state index in [0.29, 0.717) is 12.5 Å². The zero-order valence-corrected chi connectivity index (χ0v) is 10.7. The third-order valence-corrected chi connectivity index (χ3v) is 2.33. The molecule has 0 saturated carbocycles. The highest BCUT2D eigenvalue weighted by Crippen LogP contribution is 2.12. The Morgan fingerprint density at radius 1 is 1.33 bits per heavy atom. The Labute approximate surface area is 92.6 Å². The van der Waals surface area contributed by atoms with E-state index in [1.54, 1.807) is 0 Å². The lowest BCUT2D eigenvalue weighted by Gasteiger charge is -2.30. The number of hydrogen-bond donors (Lipinski definition) is 2. The van der Waals surface area contributed by atoms with Crippen molar-refractivity contribution >= 4 is 6.09 Å². The van der Waals surface area contributed by atoms with Crippen LogP contribution in [0.2, 0.25) is 0 Å². The highest BCUT2D eigenvalue weighted by atomic mass is 16.6. The van der Waals surface area contributed by atoms with Crippen LogP contribution in [-0.4, -0.2) is 23.8 Å². The maximum Gasteiger partial charge on any atom is 0.407 e. The fourth-order valence-corrected chi connectivity index (χ4v) is 0.781. The molecule has 0 aliphatic heterocycles. The predicted octanol–water partition coefficient (Wildman–Crippen LogP) is 1.88. The molecule has 1 atom stereocenters. The highest BCUT2D eigenvalue weighted by molar-refractivity contribution is 5.67. The fraction of sp³-hybridized carbons (Fsp3) is 0.909. The van der Waals surface area contributed by atoms with Gasteiger partial charge < -0.3 is 15.8 Å². The largest absolute Gasteiger partial charge is 0.444 e. The molecule has 0 fully saturated rings. The van der Waals surface area contributed by atoms with Crippen molar-refractivity contribution in [2.45, 2.75) is 52.7 Å². The van der Waals surface area contributed by atoms with E-state index in [-0.39, 0.29) is 0 Å². The number of nitrogens with one attached hydrogen (secondary N) is 1. The molecule has 3 N–H and O–H groups in total. The normalized spacial score (nSPS) is 16.0. The topological polar surface area (TPSA) is 64.3 Å². The lowest BCUT2D eigenvalue weighted by Crippen LogP contribution is -2.52. The van der Waals surface area contributed by atoms with Gasteiger partial charge in [-0.05, 0) is 33.6 Å². The molecule has 90 valence electrons. The highest BCUT2D eigenvalue weighted by Gasteiger charge is 2.24. The number of ether oxygens (including phenoxy) is 1. The van der Waals surface area contributed by atoms with E-state index >= 15 is 0 Å². The van der Waals surface area contributed by atoms with Crippen LogP contribution in [0.5, 0.6) is 0 Å². The maximum absolute atomic E-state index is 11.3. The minimum atomic E-state index is -0.465. The Kier molecular flexibility index (Phi) is 4.59. The Morgan fingerprint density at radius 2 is 1.80 bits per heavy atom. The van der Waals surface area contributed by atoms with Crippen molar-refractivity contribution in [2.24, 2.45) is 11.7 Å². The predicted molar refractivity (Wildman–Crippen MR) is 61.7 cm³/mol. The molecule has 0 spiro atoms. The maximum atomic E-state index is 11.3. The summed E-state index contributed by atoms with van der Waals surface area (Å²) >= 11 is 0. The summed E-state index contributed by atoms with van der Waals surface area (Å²) in [5, 5.41) is 2.67. The van der Waals surface area contributed by atoms with Gasteiger partial charge in [-0.15, -0.1) is 0 Å². The van der Waals surface area contributed by atoms with E-state index in [1.807, 2.05) is 41.5 Å². The van der Waals surface area contributed by atoms with Gasteiger partial charge in [-0.2, -0.15) is 0 Å². The molecule has 4 heteroatoms. The number of hydrogen-bond acceptors (Lipinski definition) is 3. The van der Waals surface area contributed by atoms with Gasteiger partial charge in [0.1, 0.15) is 5.60 Å². The summed E-state index contributed by atoms with van der Waals surface area (Å²) in [6, 6.07) is 0. The van der Waals surface area contributed by atoms with E-state index in [2.05, 4.69) is 5.32 Å².